The van der Waals surface area contributed by atoms with Crippen LogP contribution in [0.5, 0.6) is 11.5 Å². The first kappa shape index (κ1) is 19.6. The topological polar surface area (TPSA) is 56.8 Å². The molecule has 0 radical (unpaired) electrons. The zero-order valence-electron chi connectivity index (χ0n) is 17.3. The Balaban J connectivity index is 1.32. The standard InChI is InChI=1S/C26H25NO4/c28-25(21-8-6-20(7-9-21)19-4-2-1-3-5-19)27-17-26(12-14-29-15-13-26)22-10-11-23-24(16-22)31-18-30-23/h1-11,16H,12-15,17-18H2,(H,27,28). The Kier molecular flexibility index (Phi) is 5.35. The summed E-state index contributed by atoms with van der Waals surface area (Å²) in [5.74, 6) is 1.48. The van der Waals surface area contributed by atoms with E-state index in [1.54, 1.807) is 0 Å². The number of hydrogen-bond donors (Lipinski definition) is 1. The van der Waals surface area contributed by atoms with E-state index in [0.717, 1.165) is 41.0 Å². The van der Waals surface area contributed by atoms with Crippen LogP contribution in [0.15, 0.2) is 72.8 Å². The van der Waals surface area contributed by atoms with Gasteiger partial charge < -0.3 is 19.5 Å². The van der Waals surface area contributed by atoms with E-state index < -0.39 is 0 Å². The fourth-order valence-corrected chi connectivity index (χ4v) is 4.35. The summed E-state index contributed by atoms with van der Waals surface area (Å²) in [5, 5.41) is 3.17. The number of hydrogen-bond acceptors (Lipinski definition) is 4. The lowest BCUT2D eigenvalue weighted by molar-refractivity contribution is 0.0486. The van der Waals surface area contributed by atoms with Gasteiger partial charge in [0.2, 0.25) is 6.79 Å². The smallest absolute Gasteiger partial charge is 0.251 e. The Morgan fingerprint density at radius 3 is 2.32 bits per heavy atom. The van der Waals surface area contributed by atoms with Crippen LogP contribution in [0.25, 0.3) is 11.1 Å². The van der Waals surface area contributed by atoms with Crippen molar-refractivity contribution in [1.82, 2.24) is 5.32 Å². The van der Waals surface area contributed by atoms with Crippen LogP contribution in [0, 0.1) is 0 Å². The predicted octanol–water partition coefficient (Wildman–Crippen LogP) is 4.56. The number of rotatable bonds is 5. The van der Waals surface area contributed by atoms with Gasteiger partial charge >= 0.3 is 0 Å². The first-order valence-corrected chi connectivity index (χ1v) is 10.7. The van der Waals surface area contributed by atoms with E-state index in [1.807, 2.05) is 48.5 Å². The monoisotopic (exact) mass is 415 g/mol. The highest BCUT2D eigenvalue weighted by molar-refractivity contribution is 5.94. The molecule has 5 heteroatoms. The SMILES string of the molecule is O=C(NCC1(c2ccc3c(c2)OCO3)CCOCC1)c1ccc(-c2ccccc2)cc1. The highest BCUT2D eigenvalue weighted by Gasteiger charge is 2.36. The third-order valence-corrected chi connectivity index (χ3v) is 6.28. The number of fused-ring (bicyclic) bond motifs is 1. The van der Waals surface area contributed by atoms with E-state index in [9.17, 15) is 4.79 Å². The molecular weight excluding hydrogens is 390 g/mol. The molecule has 5 rings (SSSR count). The minimum atomic E-state index is -0.182. The van der Waals surface area contributed by atoms with Gasteiger partial charge in [-0.05, 0) is 53.8 Å². The molecule has 2 aliphatic rings. The van der Waals surface area contributed by atoms with Gasteiger partial charge in [0.25, 0.3) is 5.91 Å². The fraction of sp³-hybridized carbons (Fsp3) is 0.269. The summed E-state index contributed by atoms with van der Waals surface area (Å²) in [6.45, 7) is 2.16. The molecule has 0 spiro atoms. The van der Waals surface area contributed by atoms with Crippen molar-refractivity contribution < 1.29 is 19.0 Å². The van der Waals surface area contributed by atoms with Crippen molar-refractivity contribution in [2.45, 2.75) is 18.3 Å². The minimum absolute atomic E-state index is 0.0637. The van der Waals surface area contributed by atoms with E-state index in [4.69, 9.17) is 14.2 Å². The highest BCUT2D eigenvalue weighted by Crippen LogP contribution is 2.40. The zero-order valence-corrected chi connectivity index (χ0v) is 17.3. The Bertz CT molecular complexity index is 1060. The van der Waals surface area contributed by atoms with Gasteiger partial charge in [0, 0.05) is 30.7 Å². The zero-order chi connectivity index (χ0) is 21.1. The second-order valence-electron chi connectivity index (χ2n) is 8.09. The molecule has 31 heavy (non-hydrogen) atoms. The average Bonchev–Trinajstić information content (AvgIpc) is 3.32. The van der Waals surface area contributed by atoms with Crippen molar-refractivity contribution >= 4 is 5.91 Å². The third-order valence-electron chi connectivity index (χ3n) is 6.28. The van der Waals surface area contributed by atoms with Gasteiger partial charge in [-0.15, -0.1) is 0 Å². The molecule has 5 nitrogen and oxygen atoms in total. The molecule has 3 aromatic carbocycles. The molecular formula is C26H25NO4. The van der Waals surface area contributed by atoms with E-state index in [-0.39, 0.29) is 18.1 Å². The molecule has 1 fully saturated rings. The van der Waals surface area contributed by atoms with Gasteiger partial charge in [0.15, 0.2) is 11.5 Å². The number of carbonyl (C=O) groups excluding carboxylic acids is 1. The predicted molar refractivity (Wildman–Crippen MR) is 119 cm³/mol. The summed E-state index contributed by atoms with van der Waals surface area (Å²) in [6, 6.07) is 24.0. The number of benzene rings is 3. The molecule has 158 valence electrons. The lowest BCUT2D eigenvalue weighted by Gasteiger charge is -2.38. The van der Waals surface area contributed by atoms with Gasteiger partial charge in [-0.25, -0.2) is 0 Å². The van der Waals surface area contributed by atoms with Crippen LogP contribution < -0.4 is 14.8 Å². The van der Waals surface area contributed by atoms with Gasteiger partial charge in [-0.3, -0.25) is 4.79 Å². The van der Waals surface area contributed by atoms with Gasteiger partial charge in [0.05, 0.1) is 0 Å². The van der Waals surface area contributed by atoms with E-state index in [1.165, 1.54) is 0 Å². The average molecular weight is 415 g/mol. The van der Waals surface area contributed by atoms with E-state index in [2.05, 4.69) is 29.6 Å². The second-order valence-corrected chi connectivity index (χ2v) is 8.09. The fourth-order valence-electron chi connectivity index (χ4n) is 4.35. The molecule has 0 bridgehead atoms. The van der Waals surface area contributed by atoms with Crippen molar-refractivity contribution in [3.8, 4) is 22.6 Å². The first-order valence-electron chi connectivity index (χ1n) is 10.7. The summed E-state index contributed by atoms with van der Waals surface area (Å²) >= 11 is 0. The molecule has 1 N–H and O–H groups in total. The van der Waals surface area contributed by atoms with Crippen LogP contribution in [0.1, 0.15) is 28.8 Å². The van der Waals surface area contributed by atoms with Crippen LogP contribution in [0.2, 0.25) is 0 Å². The van der Waals surface area contributed by atoms with Crippen molar-refractivity contribution in [3.05, 3.63) is 83.9 Å². The summed E-state index contributed by atoms with van der Waals surface area (Å²) in [6.07, 6.45) is 1.69. The Labute approximate surface area is 182 Å². The number of amides is 1. The Morgan fingerprint density at radius 2 is 1.55 bits per heavy atom. The van der Waals surface area contributed by atoms with Crippen LogP contribution in [-0.2, 0) is 10.2 Å². The summed E-state index contributed by atoms with van der Waals surface area (Å²) in [5.41, 5.74) is 3.86. The normalized spacial score (nSPS) is 16.6. The molecule has 0 atom stereocenters. The van der Waals surface area contributed by atoms with Crippen LogP contribution in [-0.4, -0.2) is 32.5 Å². The van der Waals surface area contributed by atoms with Crippen LogP contribution >= 0.6 is 0 Å². The van der Waals surface area contributed by atoms with Gasteiger partial charge in [-0.1, -0.05) is 48.5 Å². The van der Waals surface area contributed by atoms with Crippen molar-refractivity contribution in [3.63, 3.8) is 0 Å². The lowest BCUT2D eigenvalue weighted by Crippen LogP contribution is -2.44. The Morgan fingerprint density at radius 1 is 0.839 bits per heavy atom. The molecule has 0 saturated carbocycles. The quantitative estimate of drug-likeness (QED) is 0.664. The van der Waals surface area contributed by atoms with Crippen LogP contribution in [0.3, 0.4) is 0 Å². The molecule has 1 amide bonds. The van der Waals surface area contributed by atoms with Crippen LogP contribution in [0.4, 0.5) is 0 Å². The number of ether oxygens (including phenoxy) is 3. The van der Waals surface area contributed by atoms with Crippen molar-refractivity contribution in [1.29, 1.82) is 0 Å². The largest absolute Gasteiger partial charge is 0.454 e. The second kappa shape index (κ2) is 8.44. The highest BCUT2D eigenvalue weighted by atomic mass is 16.7. The molecule has 0 unspecified atom stereocenters. The van der Waals surface area contributed by atoms with Crippen molar-refractivity contribution in [2.75, 3.05) is 26.6 Å². The molecule has 3 aromatic rings. The molecule has 0 aromatic heterocycles. The van der Waals surface area contributed by atoms with Gasteiger partial charge in [0.1, 0.15) is 0 Å². The molecule has 2 aliphatic heterocycles. The van der Waals surface area contributed by atoms with E-state index >= 15 is 0 Å². The maximum absolute atomic E-state index is 12.9. The Hall–Kier alpha value is -3.31. The number of carbonyl (C=O) groups is 1. The maximum Gasteiger partial charge on any atom is 0.251 e. The van der Waals surface area contributed by atoms with E-state index in [0.29, 0.717) is 25.3 Å². The molecule has 2 heterocycles. The summed E-state index contributed by atoms with van der Waals surface area (Å²) in [7, 11) is 0. The lowest BCUT2D eigenvalue weighted by atomic mass is 9.74. The minimum Gasteiger partial charge on any atom is -0.454 e. The first-order chi connectivity index (χ1) is 15.2. The van der Waals surface area contributed by atoms with Gasteiger partial charge in [-0.2, -0.15) is 0 Å². The number of nitrogens with one attached hydrogen (secondary N) is 1. The molecule has 0 aliphatic carbocycles. The third kappa shape index (κ3) is 4.01. The summed E-state index contributed by atoms with van der Waals surface area (Å²) < 4.78 is 16.6. The summed E-state index contributed by atoms with van der Waals surface area (Å²) in [4.78, 5) is 12.9. The van der Waals surface area contributed by atoms with Crippen molar-refractivity contribution in [2.24, 2.45) is 0 Å². The molecule has 1 saturated heterocycles. The maximum atomic E-state index is 12.9.